The highest BCUT2D eigenvalue weighted by Crippen LogP contribution is 2.23. The molecule has 0 saturated heterocycles. The van der Waals surface area contributed by atoms with Crippen molar-refractivity contribution in [3.05, 3.63) is 53.2 Å². The fourth-order valence-corrected chi connectivity index (χ4v) is 3.40. The lowest BCUT2D eigenvalue weighted by Crippen LogP contribution is -2.15. The molecule has 0 radical (unpaired) electrons. The smallest absolute Gasteiger partial charge is 0.311 e. The van der Waals surface area contributed by atoms with Gasteiger partial charge in [-0.25, -0.2) is 9.50 Å². The van der Waals surface area contributed by atoms with Gasteiger partial charge in [0.15, 0.2) is 6.10 Å². The number of rotatable bonds is 6. The summed E-state index contributed by atoms with van der Waals surface area (Å²) in [6.45, 7) is 5.43. The van der Waals surface area contributed by atoms with Crippen LogP contribution in [0.3, 0.4) is 0 Å². The number of fused-ring (bicyclic) bond motifs is 1. The predicted molar refractivity (Wildman–Crippen MR) is 110 cm³/mol. The summed E-state index contributed by atoms with van der Waals surface area (Å²) in [6, 6.07) is 9.41. The Labute approximate surface area is 176 Å². The fourth-order valence-electron chi connectivity index (χ4n) is 3.06. The van der Waals surface area contributed by atoms with Gasteiger partial charge in [-0.15, -0.1) is 15.3 Å². The molecule has 0 amide bonds. The Morgan fingerprint density at radius 2 is 1.97 bits per heavy atom. The summed E-state index contributed by atoms with van der Waals surface area (Å²) in [4.78, 5) is 21.4. The number of hydrogen-bond donors (Lipinski definition) is 0. The largest absolute Gasteiger partial charge is 0.452 e. The van der Waals surface area contributed by atoms with E-state index in [9.17, 15) is 4.79 Å². The lowest BCUT2D eigenvalue weighted by atomic mass is 10.1. The molecule has 0 aliphatic rings. The molecule has 1 aromatic carbocycles. The van der Waals surface area contributed by atoms with E-state index in [4.69, 9.17) is 9.15 Å². The highest BCUT2D eigenvalue weighted by atomic mass is 32.2. The molecule has 9 nitrogen and oxygen atoms in total. The number of esters is 1. The van der Waals surface area contributed by atoms with E-state index in [0.717, 1.165) is 16.8 Å². The molecule has 3 aromatic heterocycles. The van der Waals surface area contributed by atoms with E-state index in [2.05, 4.69) is 25.3 Å². The highest BCUT2D eigenvalue weighted by Gasteiger charge is 2.21. The quantitative estimate of drug-likeness (QED) is 0.340. The van der Waals surface area contributed by atoms with Gasteiger partial charge in [-0.05, 0) is 39.2 Å². The van der Waals surface area contributed by atoms with E-state index in [-0.39, 0.29) is 12.3 Å². The van der Waals surface area contributed by atoms with Crippen molar-refractivity contribution in [1.29, 1.82) is 0 Å². The molecule has 0 spiro atoms. The first-order valence-electron chi connectivity index (χ1n) is 9.31. The topological polar surface area (TPSA) is 108 Å². The van der Waals surface area contributed by atoms with Crippen LogP contribution in [0.2, 0.25) is 0 Å². The van der Waals surface area contributed by atoms with E-state index < -0.39 is 12.1 Å². The van der Waals surface area contributed by atoms with E-state index >= 15 is 0 Å². The minimum Gasteiger partial charge on any atom is -0.452 e. The van der Waals surface area contributed by atoms with Crippen molar-refractivity contribution in [2.75, 3.05) is 6.26 Å². The third-order valence-electron chi connectivity index (χ3n) is 4.65. The average molecular weight is 424 g/mol. The van der Waals surface area contributed by atoms with Gasteiger partial charge >= 0.3 is 5.97 Å². The second-order valence-corrected chi connectivity index (χ2v) is 7.47. The average Bonchev–Trinajstić information content (AvgIpc) is 3.39. The van der Waals surface area contributed by atoms with Crippen LogP contribution in [0.1, 0.15) is 35.9 Å². The summed E-state index contributed by atoms with van der Waals surface area (Å²) in [5, 5.41) is 13.1. The van der Waals surface area contributed by atoms with Crippen molar-refractivity contribution in [3.63, 3.8) is 0 Å². The molecule has 0 aliphatic carbocycles. The van der Waals surface area contributed by atoms with Crippen LogP contribution in [0.5, 0.6) is 0 Å². The molecule has 4 aromatic rings. The first-order valence-corrected chi connectivity index (χ1v) is 10.5. The zero-order chi connectivity index (χ0) is 21.3. The number of benzene rings is 1. The standard InChI is InChI=1S/C20H20N6O3S/c1-11-15(12(2)26-19(21-11)22-20(25-26)30-4)10-16(27)28-13(3)17-23-24-18(29-17)14-8-6-5-7-9-14/h5-9,13H,10H2,1-4H3/t13-/m0/s1. The zero-order valence-corrected chi connectivity index (χ0v) is 17.8. The van der Waals surface area contributed by atoms with Gasteiger partial charge < -0.3 is 9.15 Å². The van der Waals surface area contributed by atoms with Gasteiger partial charge in [-0.2, -0.15) is 4.98 Å². The van der Waals surface area contributed by atoms with Crippen LogP contribution in [0.4, 0.5) is 0 Å². The Hall–Kier alpha value is -3.27. The van der Waals surface area contributed by atoms with Gasteiger partial charge in [-0.1, -0.05) is 30.0 Å². The summed E-state index contributed by atoms with van der Waals surface area (Å²) in [5.74, 6) is 0.717. The zero-order valence-electron chi connectivity index (χ0n) is 17.0. The first-order chi connectivity index (χ1) is 14.5. The van der Waals surface area contributed by atoms with E-state index in [1.165, 1.54) is 11.8 Å². The van der Waals surface area contributed by atoms with Crippen molar-refractivity contribution in [2.24, 2.45) is 0 Å². The SMILES string of the molecule is CSc1nc2nc(C)c(CC(=O)O[C@@H](C)c3nnc(-c4ccccc4)o3)c(C)n2n1. The summed E-state index contributed by atoms with van der Waals surface area (Å²) in [5.41, 5.74) is 3.08. The Morgan fingerprint density at radius 3 is 2.70 bits per heavy atom. The Bertz CT molecular complexity index is 1200. The third-order valence-corrected chi connectivity index (χ3v) is 5.19. The number of aryl methyl sites for hydroxylation is 2. The van der Waals surface area contributed by atoms with E-state index in [1.54, 1.807) is 11.4 Å². The third kappa shape index (κ3) is 3.90. The van der Waals surface area contributed by atoms with Crippen LogP contribution in [0.25, 0.3) is 17.2 Å². The number of hydrogen-bond acceptors (Lipinski definition) is 9. The molecule has 0 aliphatic heterocycles. The molecule has 0 N–H and O–H groups in total. The van der Waals surface area contributed by atoms with Crippen LogP contribution >= 0.6 is 11.8 Å². The number of ether oxygens (including phenoxy) is 1. The highest BCUT2D eigenvalue weighted by molar-refractivity contribution is 7.98. The van der Waals surface area contributed by atoms with Crippen LogP contribution in [-0.4, -0.2) is 42.0 Å². The molecule has 10 heteroatoms. The summed E-state index contributed by atoms with van der Waals surface area (Å²) < 4.78 is 12.8. The normalized spacial score (nSPS) is 12.3. The molecule has 154 valence electrons. The van der Waals surface area contributed by atoms with E-state index in [0.29, 0.717) is 22.5 Å². The van der Waals surface area contributed by atoms with Gasteiger partial charge in [0, 0.05) is 22.5 Å². The second kappa shape index (κ2) is 8.23. The Kier molecular flexibility index (Phi) is 5.49. The molecular weight excluding hydrogens is 404 g/mol. The number of carbonyl (C=O) groups is 1. The van der Waals surface area contributed by atoms with Gasteiger partial charge in [0.1, 0.15) is 0 Å². The molecule has 1 atom stereocenters. The van der Waals surface area contributed by atoms with Crippen molar-refractivity contribution < 1.29 is 13.9 Å². The molecule has 0 saturated carbocycles. The maximum absolute atomic E-state index is 12.6. The lowest BCUT2D eigenvalue weighted by Gasteiger charge is -2.12. The Balaban J connectivity index is 1.49. The lowest BCUT2D eigenvalue weighted by molar-refractivity contribution is -0.148. The van der Waals surface area contributed by atoms with Crippen LogP contribution in [-0.2, 0) is 16.0 Å². The van der Waals surface area contributed by atoms with E-state index in [1.807, 2.05) is 50.4 Å². The number of aromatic nitrogens is 6. The summed E-state index contributed by atoms with van der Waals surface area (Å²) in [7, 11) is 0. The summed E-state index contributed by atoms with van der Waals surface area (Å²) >= 11 is 1.44. The molecule has 0 bridgehead atoms. The van der Waals surface area contributed by atoms with Crippen LogP contribution < -0.4 is 0 Å². The number of nitrogens with zero attached hydrogens (tertiary/aromatic N) is 6. The number of carbonyl (C=O) groups excluding carboxylic acids is 1. The molecule has 3 heterocycles. The molecule has 0 fully saturated rings. The predicted octanol–water partition coefficient (Wildman–Crippen LogP) is 3.36. The van der Waals surface area contributed by atoms with Crippen molar-refractivity contribution >= 4 is 23.5 Å². The molecule has 30 heavy (non-hydrogen) atoms. The molecule has 0 unspecified atom stereocenters. The van der Waals surface area contributed by atoms with Crippen molar-refractivity contribution in [1.82, 2.24) is 29.8 Å². The number of thioether (sulfide) groups is 1. The van der Waals surface area contributed by atoms with Gasteiger partial charge in [-0.3, -0.25) is 4.79 Å². The first kappa shape index (κ1) is 20.0. The Morgan fingerprint density at radius 1 is 1.20 bits per heavy atom. The fraction of sp³-hybridized carbons (Fsp3) is 0.300. The minimum absolute atomic E-state index is 0.0547. The van der Waals surface area contributed by atoms with Crippen molar-refractivity contribution in [2.45, 2.75) is 38.5 Å². The van der Waals surface area contributed by atoms with Gasteiger partial charge in [0.2, 0.25) is 11.0 Å². The molecule has 4 rings (SSSR count). The van der Waals surface area contributed by atoms with Crippen molar-refractivity contribution in [3.8, 4) is 11.5 Å². The van der Waals surface area contributed by atoms with Crippen LogP contribution in [0, 0.1) is 13.8 Å². The monoisotopic (exact) mass is 424 g/mol. The minimum atomic E-state index is -0.672. The van der Waals surface area contributed by atoms with Gasteiger partial charge in [0.05, 0.1) is 6.42 Å². The second-order valence-electron chi connectivity index (χ2n) is 6.69. The maximum Gasteiger partial charge on any atom is 0.311 e. The maximum atomic E-state index is 12.6. The van der Waals surface area contributed by atoms with Gasteiger partial charge in [0.25, 0.3) is 11.7 Å². The molecular formula is C20H20N6O3S. The summed E-state index contributed by atoms with van der Waals surface area (Å²) in [6.07, 6.45) is 1.28. The van der Waals surface area contributed by atoms with Crippen LogP contribution in [0.15, 0.2) is 39.9 Å².